The number of rotatable bonds is 5. The molecule has 2 aromatic rings. The summed E-state index contributed by atoms with van der Waals surface area (Å²) in [5, 5.41) is 17.9. The molecule has 0 spiro atoms. The Morgan fingerprint density at radius 3 is 2.61 bits per heavy atom. The third kappa shape index (κ3) is 2.42. The fourth-order valence-electron chi connectivity index (χ4n) is 4.95. The normalized spacial score (nSPS) is 25.5. The number of carbonyl (C=O) groups is 1. The van der Waals surface area contributed by atoms with Gasteiger partial charge in [0.2, 0.25) is 0 Å². The van der Waals surface area contributed by atoms with Crippen molar-refractivity contribution in [3.8, 4) is 11.3 Å². The van der Waals surface area contributed by atoms with E-state index >= 15 is 0 Å². The number of aliphatic carboxylic acids is 1. The maximum atomic E-state index is 14.2. The highest BCUT2D eigenvalue weighted by Crippen LogP contribution is 2.68. The monoisotopic (exact) mass is 388 g/mol. The molecule has 1 N–H and O–H groups in total. The molecule has 1 aromatic heterocycles. The molecule has 0 radical (unpaired) electrons. The molecular formula is C21H22F2N2O3. The maximum Gasteiger partial charge on any atom is 0.332 e. The van der Waals surface area contributed by atoms with E-state index in [1.807, 2.05) is 13.8 Å². The molecule has 2 aliphatic carbocycles. The van der Waals surface area contributed by atoms with E-state index in [9.17, 15) is 18.7 Å². The lowest BCUT2D eigenvalue weighted by Crippen LogP contribution is -2.43. The zero-order valence-corrected chi connectivity index (χ0v) is 16.0. The van der Waals surface area contributed by atoms with Crippen LogP contribution in [-0.4, -0.2) is 27.4 Å². The van der Waals surface area contributed by atoms with Gasteiger partial charge < -0.3 is 9.84 Å². The molecule has 1 saturated carbocycles. The molecule has 0 aliphatic heterocycles. The van der Waals surface area contributed by atoms with Crippen LogP contribution in [0.15, 0.2) is 24.3 Å². The van der Waals surface area contributed by atoms with Crippen LogP contribution in [0.2, 0.25) is 0 Å². The molecule has 0 amide bonds. The number of hydrogen-bond donors (Lipinski definition) is 1. The fourth-order valence-corrected chi connectivity index (χ4v) is 4.95. The van der Waals surface area contributed by atoms with Crippen LogP contribution < -0.4 is 0 Å². The highest BCUT2D eigenvalue weighted by molar-refractivity contribution is 5.72. The number of fused-ring (bicyclic) bond motifs is 5. The Balaban J connectivity index is 1.84. The minimum atomic E-state index is -1.01. The second kappa shape index (κ2) is 6.30. The van der Waals surface area contributed by atoms with Crippen LogP contribution in [0.25, 0.3) is 11.3 Å². The number of aromatic nitrogens is 2. The highest BCUT2D eigenvalue weighted by Gasteiger charge is 2.65. The molecule has 0 unspecified atom stereocenters. The van der Waals surface area contributed by atoms with Crippen molar-refractivity contribution in [2.75, 3.05) is 0 Å². The predicted octanol–water partition coefficient (Wildman–Crippen LogP) is 4.41. The summed E-state index contributed by atoms with van der Waals surface area (Å²) in [5.74, 6) is -2.35. The molecule has 4 rings (SSSR count). The van der Waals surface area contributed by atoms with Gasteiger partial charge in [-0.3, -0.25) is 0 Å². The predicted molar refractivity (Wildman–Crippen MR) is 97.6 cm³/mol. The van der Waals surface area contributed by atoms with Gasteiger partial charge in [0.15, 0.2) is 6.10 Å². The Morgan fingerprint density at radius 2 is 2.00 bits per heavy atom. The first-order valence-corrected chi connectivity index (χ1v) is 9.46. The van der Waals surface area contributed by atoms with Crippen molar-refractivity contribution in [3.05, 3.63) is 47.2 Å². The van der Waals surface area contributed by atoms with Gasteiger partial charge in [-0.2, -0.15) is 5.10 Å². The Labute approximate surface area is 161 Å². The van der Waals surface area contributed by atoms with E-state index in [0.29, 0.717) is 18.5 Å². The van der Waals surface area contributed by atoms with E-state index in [1.54, 1.807) is 13.0 Å². The first kappa shape index (κ1) is 18.9. The zero-order chi connectivity index (χ0) is 20.3. The SMILES string of the molecule is CC[C@H](O[C@@]12CC[C@@H](c3cc(-c4c(F)cccc4F)nnc31)C2(C)C)C(=O)O. The van der Waals surface area contributed by atoms with E-state index in [0.717, 1.165) is 12.0 Å². The topological polar surface area (TPSA) is 72.3 Å². The number of carboxylic acids is 1. The second-order valence-corrected chi connectivity index (χ2v) is 8.12. The summed E-state index contributed by atoms with van der Waals surface area (Å²) < 4.78 is 34.6. The van der Waals surface area contributed by atoms with Gasteiger partial charge in [0.25, 0.3) is 0 Å². The van der Waals surface area contributed by atoms with Crippen LogP contribution in [0.1, 0.15) is 57.2 Å². The van der Waals surface area contributed by atoms with Gasteiger partial charge in [0, 0.05) is 5.41 Å². The summed E-state index contributed by atoms with van der Waals surface area (Å²) in [7, 11) is 0. The third-order valence-electron chi connectivity index (χ3n) is 6.49. The third-order valence-corrected chi connectivity index (χ3v) is 6.49. The van der Waals surface area contributed by atoms with Gasteiger partial charge in [0.05, 0.1) is 17.0 Å². The molecule has 1 fully saturated rings. The molecular weight excluding hydrogens is 366 g/mol. The number of benzene rings is 1. The summed E-state index contributed by atoms with van der Waals surface area (Å²) in [5.41, 5.74) is 0.0894. The molecule has 1 heterocycles. The number of hydrogen-bond acceptors (Lipinski definition) is 4. The average molecular weight is 388 g/mol. The van der Waals surface area contributed by atoms with Gasteiger partial charge in [-0.05, 0) is 48.9 Å². The van der Waals surface area contributed by atoms with Crippen molar-refractivity contribution < 1.29 is 23.4 Å². The first-order chi connectivity index (χ1) is 13.2. The average Bonchev–Trinajstić information content (AvgIpc) is 3.00. The lowest BCUT2D eigenvalue weighted by molar-refractivity contribution is -0.181. The highest BCUT2D eigenvalue weighted by atomic mass is 19.1. The molecule has 7 heteroatoms. The van der Waals surface area contributed by atoms with Crippen LogP contribution in [0.3, 0.4) is 0 Å². The lowest BCUT2D eigenvalue weighted by atomic mass is 9.77. The van der Waals surface area contributed by atoms with Crippen LogP contribution in [0.5, 0.6) is 0 Å². The van der Waals surface area contributed by atoms with Crippen LogP contribution in [0, 0.1) is 17.0 Å². The Kier molecular flexibility index (Phi) is 4.26. The summed E-state index contributed by atoms with van der Waals surface area (Å²) in [6.07, 6.45) is 0.818. The van der Waals surface area contributed by atoms with Crippen molar-refractivity contribution in [2.45, 2.75) is 57.7 Å². The standard InChI is InChI=1S/C21H22F2N2O3/c1-4-16(19(26)27)28-21-9-8-12(20(21,2)3)11-10-15(24-25-18(11)21)17-13(22)6-5-7-14(17)23/h5-7,10,12,16H,4,8-9H2,1-3H3,(H,26,27)/t12-,16-,21-/m0/s1. The molecule has 3 atom stereocenters. The van der Waals surface area contributed by atoms with Crippen molar-refractivity contribution in [1.29, 1.82) is 0 Å². The molecule has 0 saturated heterocycles. The molecule has 148 valence electrons. The molecule has 2 bridgehead atoms. The zero-order valence-electron chi connectivity index (χ0n) is 16.0. The van der Waals surface area contributed by atoms with E-state index in [1.165, 1.54) is 18.2 Å². The maximum absolute atomic E-state index is 14.2. The van der Waals surface area contributed by atoms with Gasteiger partial charge in [-0.25, -0.2) is 13.6 Å². The number of nitrogens with zero attached hydrogens (tertiary/aromatic N) is 2. The molecule has 1 aromatic carbocycles. The molecule has 28 heavy (non-hydrogen) atoms. The summed E-state index contributed by atoms with van der Waals surface area (Å²) in [4.78, 5) is 11.6. The molecule has 5 nitrogen and oxygen atoms in total. The van der Waals surface area contributed by atoms with E-state index in [2.05, 4.69) is 10.2 Å². The number of carboxylic acid groups (broad SMARTS) is 1. The van der Waals surface area contributed by atoms with E-state index in [-0.39, 0.29) is 17.2 Å². The van der Waals surface area contributed by atoms with Crippen LogP contribution in [-0.2, 0) is 15.1 Å². The fraction of sp³-hybridized carbons (Fsp3) is 0.476. The second-order valence-electron chi connectivity index (χ2n) is 8.12. The minimum Gasteiger partial charge on any atom is -0.479 e. The summed E-state index contributed by atoms with van der Waals surface area (Å²) in [6.45, 7) is 5.83. The summed E-state index contributed by atoms with van der Waals surface area (Å²) in [6, 6.07) is 5.36. The smallest absolute Gasteiger partial charge is 0.332 e. The quantitative estimate of drug-likeness (QED) is 0.821. The minimum absolute atomic E-state index is 0.0536. The van der Waals surface area contributed by atoms with Gasteiger partial charge >= 0.3 is 5.97 Å². The number of halogens is 2. The van der Waals surface area contributed by atoms with Crippen molar-refractivity contribution in [3.63, 3.8) is 0 Å². The molecule has 2 aliphatic rings. The first-order valence-electron chi connectivity index (χ1n) is 9.46. The van der Waals surface area contributed by atoms with Gasteiger partial charge in [-0.1, -0.05) is 26.8 Å². The van der Waals surface area contributed by atoms with E-state index in [4.69, 9.17) is 4.74 Å². The van der Waals surface area contributed by atoms with E-state index < -0.39 is 34.7 Å². The van der Waals surface area contributed by atoms with Gasteiger partial charge in [0.1, 0.15) is 17.2 Å². The van der Waals surface area contributed by atoms with Gasteiger partial charge in [-0.15, -0.1) is 5.10 Å². The largest absolute Gasteiger partial charge is 0.479 e. The van der Waals surface area contributed by atoms with Crippen LogP contribution in [0.4, 0.5) is 8.78 Å². The van der Waals surface area contributed by atoms with Crippen molar-refractivity contribution in [2.24, 2.45) is 5.41 Å². The Hall–Kier alpha value is -2.41. The Morgan fingerprint density at radius 1 is 1.32 bits per heavy atom. The lowest BCUT2D eigenvalue weighted by Gasteiger charge is -2.39. The van der Waals surface area contributed by atoms with Crippen molar-refractivity contribution >= 4 is 5.97 Å². The summed E-state index contributed by atoms with van der Waals surface area (Å²) >= 11 is 0. The van der Waals surface area contributed by atoms with Crippen LogP contribution >= 0.6 is 0 Å². The Bertz CT molecular complexity index is 942. The number of ether oxygens (including phenoxy) is 1. The van der Waals surface area contributed by atoms with Crippen molar-refractivity contribution in [1.82, 2.24) is 10.2 Å².